The summed E-state index contributed by atoms with van der Waals surface area (Å²) in [5.41, 5.74) is 4.27. The van der Waals surface area contributed by atoms with Crippen LogP contribution in [0.1, 0.15) is 24.0 Å². The van der Waals surface area contributed by atoms with E-state index < -0.39 is 5.60 Å². The molecule has 0 aromatic heterocycles. The lowest BCUT2D eigenvalue weighted by atomic mass is 10.1. The molecule has 0 atom stereocenters. The summed E-state index contributed by atoms with van der Waals surface area (Å²) in [5.74, 6) is -0.0672. The molecule has 5 rings (SSSR count). The predicted molar refractivity (Wildman–Crippen MR) is 110 cm³/mol. The van der Waals surface area contributed by atoms with E-state index in [0.29, 0.717) is 25.9 Å². The van der Waals surface area contributed by atoms with Crippen LogP contribution in [0.15, 0.2) is 48.5 Å². The molecule has 1 N–H and O–H groups in total. The van der Waals surface area contributed by atoms with Gasteiger partial charge >= 0.3 is 0 Å². The van der Waals surface area contributed by atoms with Crippen molar-refractivity contribution < 1.29 is 9.90 Å². The van der Waals surface area contributed by atoms with Crippen molar-refractivity contribution in [3.8, 4) is 0 Å². The molecule has 2 aromatic carbocycles. The first kappa shape index (κ1) is 17.7. The number of aliphatic hydroxyl groups is 1. The summed E-state index contributed by atoms with van der Waals surface area (Å²) in [4.78, 5) is 18.9. The van der Waals surface area contributed by atoms with Crippen LogP contribution in [0.2, 0.25) is 0 Å². The molecule has 0 unspecified atom stereocenters. The number of para-hydroxylation sites is 1. The van der Waals surface area contributed by atoms with Crippen LogP contribution >= 0.6 is 0 Å². The Balaban J connectivity index is 1.18. The first-order chi connectivity index (χ1) is 13.6. The lowest BCUT2D eigenvalue weighted by Crippen LogP contribution is -2.51. The van der Waals surface area contributed by atoms with Crippen molar-refractivity contribution in [3.05, 3.63) is 59.7 Å². The Labute approximate surface area is 166 Å². The highest BCUT2D eigenvalue weighted by atomic mass is 16.3. The summed E-state index contributed by atoms with van der Waals surface area (Å²) in [5, 5.41) is 10.0. The molecule has 28 heavy (non-hydrogen) atoms. The van der Waals surface area contributed by atoms with E-state index in [1.807, 2.05) is 4.90 Å². The molecule has 1 amide bonds. The van der Waals surface area contributed by atoms with E-state index in [1.54, 1.807) is 0 Å². The highest BCUT2D eigenvalue weighted by Gasteiger charge is 2.50. The van der Waals surface area contributed by atoms with Gasteiger partial charge < -0.3 is 14.9 Å². The van der Waals surface area contributed by atoms with Gasteiger partial charge in [-0.05, 0) is 48.6 Å². The Kier molecular flexibility index (Phi) is 4.37. The minimum atomic E-state index is -1.04. The number of amides is 1. The molecule has 3 aliphatic rings. The maximum Gasteiger partial charge on any atom is 0.254 e. The minimum Gasteiger partial charge on any atom is -0.380 e. The van der Waals surface area contributed by atoms with Gasteiger partial charge in [-0.1, -0.05) is 30.3 Å². The zero-order chi connectivity index (χ0) is 19.1. The van der Waals surface area contributed by atoms with Gasteiger partial charge in [0.25, 0.3) is 5.91 Å². The van der Waals surface area contributed by atoms with E-state index in [4.69, 9.17) is 0 Å². The Morgan fingerprint density at radius 3 is 2.36 bits per heavy atom. The molecule has 2 fully saturated rings. The molecular weight excluding hydrogens is 350 g/mol. The topological polar surface area (TPSA) is 47.0 Å². The number of benzene rings is 2. The van der Waals surface area contributed by atoms with Crippen LogP contribution in [0, 0.1) is 0 Å². The summed E-state index contributed by atoms with van der Waals surface area (Å²) in [6, 6.07) is 17.5. The first-order valence-electron chi connectivity index (χ1n) is 10.3. The summed E-state index contributed by atoms with van der Waals surface area (Å²) < 4.78 is 0. The lowest BCUT2D eigenvalue weighted by molar-refractivity contribution is -0.144. The molecule has 1 saturated carbocycles. The van der Waals surface area contributed by atoms with Gasteiger partial charge in [0, 0.05) is 50.6 Å². The van der Waals surface area contributed by atoms with Crippen LogP contribution in [0.5, 0.6) is 0 Å². The SMILES string of the molecule is O=C(N1CCN(Cc2ccc(N3CCc4ccccc43)cc2)CC1)C1(O)CC1. The van der Waals surface area contributed by atoms with E-state index in [2.05, 4.69) is 58.3 Å². The van der Waals surface area contributed by atoms with Crippen LogP contribution in [0.4, 0.5) is 11.4 Å². The van der Waals surface area contributed by atoms with Gasteiger partial charge in [0.2, 0.25) is 0 Å². The van der Waals surface area contributed by atoms with E-state index >= 15 is 0 Å². The number of carbonyl (C=O) groups is 1. The first-order valence-corrected chi connectivity index (χ1v) is 10.3. The Hall–Kier alpha value is -2.37. The third-order valence-corrected chi connectivity index (χ3v) is 6.32. The van der Waals surface area contributed by atoms with E-state index in [1.165, 1.54) is 22.5 Å². The Bertz CT molecular complexity index is 868. The molecule has 2 aromatic rings. The van der Waals surface area contributed by atoms with Crippen molar-refractivity contribution in [2.24, 2.45) is 0 Å². The van der Waals surface area contributed by atoms with Crippen LogP contribution in [0.25, 0.3) is 0 Å². The zero-order valence-electron chi connectivity index (χ0n) is 16.2. The van der Waals surface area contributed by atoms with Crippen molar-refractivity contribution in [1.82, 2.24) is 9.80 Å². The van der Waals surface area contributed by atoms with E-state index in [0.717, 1.165) is 32.6 Å². The monoisotopic (exact) mass is 377 g/mol. The van der Waals surface area contributed by atoms with Crippen LogP contribution < -0.4 is 4.90 Å². The van der Waals surface area contributed by atoms with E-state index in [9.17, 15) is 9.90 Å². The molecule has 146 valence electrons. The number of hydrogen-bond acceptors (Lipinski definition) is 4. The smallest absolute Gasteiger partial charge is 0.254 e. The summed E-state index contributed by atoms with van der Waals surface area (Å²) in [6.07, 6.45) is 2.36. The highest BCUT2D eigenvalue weighted by molar-refractivity contribution is 5.87. The molecule has 0 bridgehead atoms. The summed E-state index contributed by atoms with van der Waals surface area (Å²) in [6.45, 7) is 5.10. The van der Waals surface area contributed by atoms with Gasteiger partial charge in [0.05, 0.1) is 0 Å². The van der Waals surface area contributed by atoms with Gasteiger partial charge in [-0.2, -0.15) is 0 Å². The van der Waals surface area contributed by atoms with E-state index in [-0.39, 0.29) is 5.91 Å². The second-order valence-electron chi connectivity index (χ2n) is 8.30. The maximum absolute atomic E-state index is 12.3. The van der Waals surface area contributed by atoms with Crippen molar-refractivity contribution in [2.45, 2.75) is 31.4 Å². The average molecular weight is 377 g/mol. The number of fused-ring (bicyclic) bond motifs is 1. The minimum absolute atomic E-state index is 0.0672. The fourth-order valence-electron chi connectivity index (χ4n) is 4.38. The normalized spacial score (nSPS) is 20.9. The summed E-state index contributed by atoms with van der Waals surface area (Å²) in [7, 11) is 0. The second-order valence-corrected chi connectivity index (χ2v) is 8.30. The van der Waals surface area contributed by atoms with Crippen LogP contribution in [-0.2, 0) is 17.8 Å². The molecule has 2 heterocycles. The molecule has 1 aliphatic carbocycles. The Morgan fingerprint density at radius 1 is 0.929 bits per heavy atom. The second kappa shape index (κ2) is 6.90. The quantitative estimate of drug-likeness (QED) is 0.890. The number of nitrogens with zero attached hydrogens (tertiary/aromatic N) is 3. The van der Waals surface area contributed by atoms with Gasteiger partial charge in [-0.15, -0.1) is 0 Å². The van der Waals surface area contributed by atoms with Crippen LogP contribution in [-0.4, -0.2) is 59.1 Å². The number of anilines is 2. The van der Waals surface area contributed by atoms with Crippen molar-refractivity contribution in [3.63, 3.8) is 0 Å². The molecule has 2 aliphatic heterocycles. The van der Waals surface area contributed by atoms with Crippen molar-refractivity contribution >= 4 is 17.3 Å². The molecule has 5 nitrogen and oxygen atoms in total. The highest BCUT2D eigenvalue weighted by Crippen LogP contribution is 2.37. The molecule has 5 heteroatoms. The van der Waals surface area contributed by atoms with Crippen LogP contribution in [0.3, 0.4) is 0 Å². The fraction of sp³-hybridized carbons (Fsp3) is 0.435. The molecular formula is C23H27N3O2. The lowest BCUT2D eigenvalue weighted by Gasteiger charge is -2.35. The van der Waals surface area contributed by atoms with Crippen molar-refractivity contribution in [1.29, 1.82) is 0 Å². The fourth-order valence-corrected chi connectivity index (χ4v) is 4.38. The van der Waals surface area contributed by atoms with Gasteiger partial charge in [0.1, 0.15) is 5.60 Å². The Morgan fingerprint density at radius 2 is 1.64 bits per heavy atom. The molecule has 1 saturated heterocycles. The number of carbonyl (C=O) groups excluding carboxylic acids is 1. The molecule has 0 radical (unpaired) electrons. The average Bonchev–Trinajstić information content (AvgIpc) is 3.34. The largest absolute Gasteiger partial charge is 0.380 e. The van der Waals surface area contributed by atoms with Gasteiger partial charge in [-0.25, -0.2) is 0 Å². The third kappa shape index (κ3) is 3.29. The number of rotatable bonds is 4. The van der Waals surface area contributed by atoms with Gasteiger partial charge in [-0.3, -0.25) is 9.69 Å². The number of hydrogen-bond donors (Lipinski definition) is 1. The molecule has 0 spiro atoms. The third-order valence-electron chi connectivity index (χ3n) is 6.32. The maximum atomic E-state index is 12.3. The number of piperazine rings is 1. The van der Waals surface area contributed by atoms with Crippen molar-refractivity contribution in [2.75, 3.05) is 37.6 Å². The summed E-state index contributed by atoms with van der Waals surface area (Å²) >= 11 is 0. The standard InChI is InChI=1S/C23H27N3O2/c27-22(23(28)10-11-23)25-15-13-24(14-16-25)17-18-5-7-20(8-6-18)26-12-9-19-3-1-2-4-21(19)26/h1-8,28H,9-17H2. The van der Waals surface area contributed by atoms with Gasteiger partial charge in [0.15, 0.2) is 0 Å². The predicted octanol–water partition coefficient (Wildman–Crippen LogP) is 2.55. The zero-order valence-corrected chi connectivity index (χ0v) is 16.2.